The first-order valence-electron chi connectivity index (χ1n) is 4.88. The lowest BCUT2D eigenvalue weighted by molar-refractivity contribution is 0.159. The molecule has 1 heterocycles. The molecule has 0 aliphatic carbocycles. The number of aromatic amines is 1. The Balaban J connectivity index is 2.42. The largest absolute Gasteiger partial charge is 0.383 e. The molecule has 2 atom stereocenters. The molecule has 0 fully saturated rings. The van der Waals surface area contributed by atoms with Gasteiger partial charge in [-0.1, -0.05) is 6.92 Å². The number of hydrogen-bond donors (Lipinski definition) is 2. The van der Waals surface area contributed by atoms with Crippen molar-refractivity contribution >= 4 is 0 Å². The predicted molar refractivity (Wildman–Crippen MR) is 53.9 cm³/mol. The first-order valence-corrected chi connectivity index (χ1v) is 4.88. The molecule has 2 N–H and O–H groups in total. The summed E-state index contributed by atoms with van der Waals surface area (Å²) in [5.74, 6) is 0.861. The molecule has 80 valence electrons. The lowest BCUT2D eigenvalue weighted by atomic mass is 10.2. The summed E-state index contributed by atoms with van der Waals surface area (Å²) in [5.41, 5.74) is 0. The zero-order valence-electron chi connectivity index (χ0n) is 8.95. The predicted octanol–water partition coefficient (Wildman–Crippen LogP) is 0.880. The molecule has 2 unspecified atom stereocenters. The molecule has 0 saturated carbocycles. The minimum absolute atomic E-state index is 0.178. The zero-order chi connectivity index (χ0) is 10.4. The summed E-state index contributed by atoms with van der Waals surface area (Å²) in [6.07, 6.45) is 2.55. The second kappa shape index (κ2) is 5.72. The fraction of sp³-hybridized carbons (Fsp3) is 0.778. The molecular formula is C9H18N4O. The summed E-state index contributed by atoms with van der Waals surface area (Å²) in [4.78, 5) is 4.09. The monoisotopic (exact) mass is 198 g/mol. The molecule has 14 heavy (non-hydrogen) atoms. The minimum atomic E-state index is 0.178. The van der Waals surface area contributed by atoms with Crippen LogP contribution in [-0.2, 0) is 4.74 Å². The Morgan fingerprint density at radius 2 is 2.43 bits per heavy atom. The number of H-pyrrole nitrogens is 1. The zero-order valence-corrected chi connectivity index (χ0v) is 8.95. The molecule has 0 radical (unpaired) electrons. The number of nitrogens with one attached hydrogen (secondary N) is 2. The van der Waals surface area contributed by atoms with Gasteiger partial charge in [-0.25, -0.2) is 4.98 Å². The number of aromatic nitrogens is 3. The summed E-state index contributed by atoms with van der Waals surface area (Å²) in [6.45, 7) is 4.90. The van der Waals surface area contributed by atoms with Gasteiger partial charge in [0.2, 0.25) is 0 Å². The molecule has 1 aromatic rings. The lowest BCUT2D eigenvalue weighted by Gasteiger charge is -2.19. The Hall–Kier alpha value is -0.940. The van der Waals surface area contributed by atoms with Gasteiger partial charge in [0, 0.05) is 13.2 Å². The van der Waals surface area contributed by atoms with Crippen molar-refractivity contribution in [3.05, 3.63) is 12.2 Å². The Bertz CT molecular complexity index is 237. The van der Waals surface area contributed by atoms with Crippen LogP contribution in [0.2, 0.25) is 0 Å². The van der Waals surface area contributed by atoms with Crippen molar-refractivity contribution in [1.29, 1.82) is 0 Å². The number of methoxy groups -OCH3 is 1. The Morgan fingerprint density at radius 1 is 1.64 bits per heavy atom. The highest BCUT2D eigenvalue weighted by Crippen LogP contribution is 2.06. The van der Waals surface area contributed by atoms with Crippen LogP contribution in [0.15, 0.2) is 6.33 Å². The minimum Gasteiger partial charge on any atom is -0.383 e. The molecule has 0 aliphatic rings. The van der Waals surface area contributed by atoms with E-state index in [-0.39, 0.29) is 6.04 Å². The molecule has 1 aromatic heterocycles. The standard InChI is InChI=1S/C9H18N4O/c1-4-8(5-14-3)12-7(2)9-10-6-11-13-9/h6-8,12H,4-5H2,1-3H3,(H,10,11,13). The molecule has 0 spiro atoms. The van der Waals surface area contributed by atoms with E-state index in [4.69, 9.17) is 4.74 Å². The third-order valence-electron chi connectivity index (χ3n) is 2.19. The summed E-state index contributed by atoms with van der Waals surface area (Å²) >= 11 is 0. The van der Waals surface area contributed by atoms with E-state index in [1.165, 1.54) is 6.33 Å². The van der Waals surface area contributed by atoms with Crippen LogP contribution < -0.4 is 5.32 Å². The van der Waals surface area contributed by atoms with Gasteiger partial charge < -0.3 is 10.1 Å². The number of ether oxygens (including phenoxy) is 1. The second-order valence-electron chi connectivity index (χ2n) is 3.32. The van der Waals surface area contributed by atoms with E-state index in [1.807, 2.05) is 0 Å². The molecule has 5 heteroatoms. The van der Waals surface area contributed by atoms with E-state index in [1.54, 1.807) is 7.11 Å². The van der Waals surface area contributed by atoms with Gasteiger partial charge in [-0.05, 0) is 13.3 Å². The van der Waals surface area contributed by atoms with E-state index < -0.39 is 0 Å². The van der Waals surface area contributed by atoms with Crippen molar-refractivity contribution in [2.24, 2.45) is 0 Å². The third kappa shape index (κ3) is 3.08. The van der Waals surface area contributed by atoms with Crippen molar-refractivity contribution in [2.45, 2.75) is 32.4 Å². The highest BCUT2D eigenvalue weighted by Gasteiger charge is 2.13. The highest BCUT2D eigenvalue weighted by atomic mass is 16.5. The van der Waals surface area contributed by atoms with Gasteiger partial charge in [0.05, 0.1) is 12.6 Å². The molecule has 5 nitrogen and oxygen atoms in total. The van der Waals surface area contributed by atoms with Gasteiger partial charge in [0.25, 0.3) is 0 Å². The van der Waals surface area contributed by atoms with E-state index >= 15 is 0 Å². The van der Waals surface area contributed by atoms with Crippen molar-refractivity contribution in [3.63, 3.8) is 0 Å². The van der Waals surface area contributed by atoms with Crippen molar-refractivity contribution in [3.8, 4) is 0 Å². The van der Waals surface area contributed by atoms with Gasteiger partial charge in [-0.15, -0.1) is 0 Å². The quantitative estimate of drug-likeness (QED) is 0.712. The molecular weight excluding hydrogens is 180 g/mol. The molecule has 0 amide bonds. The van der Waals surface area contributed by atoms with Gasteiger partial charge in [-0.2, -0.15) is 5.10 Å². The van der Waals surface area contributed by atoms with E-state index in [0.717, 1.165) is 18.9 Å². The lowest BCUT2D eigenvalue weighted by Crippen LogP contribution is -2.35. The Kier molecular flexibility index (Phi) is 4.55. The maximum absolute atomic E-state index is 5.10. The number of hydrogen-bond acceptors (Lipinski definition) is 4. The van der Waals surface area contributed by atoms with Crippen molar-refractivity contribution in [2.75, 3.05) is 13.7 Å². The summed E-state index contributed by atoms with van der Waals surface area (Å²) in [5, 5.41) is 10.1. The molecule has 0 saturated heterocycles. The first-order chi connectivity index (χ1) is 6.77. The van der Waals surface area contributed by atoms with Crippen LogP contribution in [0.4, 0.5) is 0 Å². The molecule has 0 aromatic carbocycles. The summed E-state index contributed by atoms with van der Waals surface area (Å²) in [6, 6.07) is 0.540. The Labute approximate surface area is 84.3 Å². The fourth-order valence-corrected chi connectivity index (χ4v) is 1.34. The van der Waals surface area contributed by atoms with E-state index in [0.29, 0.717) is 6.04 Å². The smallest absolute Gasteiger partial charge is 0.141 e. The van der Waals surface area contributed by atoms with Crippen LogP contribution in [0.3, 0.4) is 0 Å². The van der Waals surface area contributed by atoms with Gasteiger partial charge in [-0.3, -0.25) is 5.10 Å². The normalized spacial score (nSPS) is 15.4. The van der Waals surface area contributed by atoms with Gasteiger partial charge in [0.15, 0.2) is 0 Å². The van der Waals surface area contributed by atoms with Crippen molar-refractivity contribution < 1.29 is 4.74 Å². The van der Waals surface area contributed by atoms with Gasteiger partial charge >= 0.3 is 0 Å². The summed E-state index contributed by atoms with van der Waals surface area (Å²) in [7, 11) is 1.71. The van der Waals surface area contributed by atoms with Crippen LogP contribution in [0.25, 0.3) is 0 Å². The topological polar surface area (TPSA) is 62.8 Å². The fourth-order valence-electron chi connectivity index (χ4n) is 1.34. The Morgan fingerprint density at radius 3 is 2.93 bits per heavy atom. The van der Waals surface area contributed by atoms with Crippen LogP contribution in [-0.4, -0.2) is 34.9 Å². The average molecular weight is 198 g/mol. The molecule has 0 aliphatic heterocycles. The number of nitrogens with zero attached hydrogens (tertiary/aromatic N) is 2. The average Bonchev–Trinajstić information content (AvgIpc) is 2.69. The summed E-state index contributed by atoms with van der Waals surface area (Å²) < 4.78 is 5.10. The first kappa shape index (κ1) is 11.1. The van der Waals surface area contributed by atoms with Crippen LogP contribution in [0.5, 0.6) is 0 Å². The van der Waals surface area contributed by atoms with Crippen LogP contribution in [0.1, 0.15) is 32.1 Å². The third-order valence-corrected chi connectivity index (χ3v) is 2.19. The van der Waals surface area contributed by atoms with E-state index in [9.17, 15) is 0 Å². The molecule has 0 bridgehead atoms. The van der Waals surface area contributed by atoms with Crippen LogP contribution in [0, 0.1) is 0 Å². The maximum Gasteiger partial charge on any atom is 0.141 e. The second-order valence-corrected chi connectivity index (χ2v) is 3.32. The van der Waals surface area contributed by atoms with Crippen LogP contribution >= 0.6 is 0 Å². The van der Waals surface area contributed by atoms with Crippen molar-refractivity contribution in [1.82, 2.24) is 20.5 Å². The van der Waals surface area contributed by atoms with Gasteiger partial charge in [0.1, 0.15) is 12.2 Å². The highest BCUT2D eigenvalue weighted by molar-refractivity contribution is 4.89. The molecule has 1 rings (SSSR count). The SMILES string of the molecule is CCC(COC)NC(C)c1ncn[nH]1. The van der Waals surface area contributed by atoms with E-state index in [2.05, 4.69) is 34.3 Å². The maximum atomic E-state index is 5.10. The number of rotatable bonds is 6.